The molecule has 1 aromatic carbocycles. The molecule has 7 heteroatoms. The van der Waals surface area contributed by atoms with Crippen LogP contribution in [-0.4, -0.2) is 60.5 Å². The first-order chi connectivity index (χ1) is 13.6. The van der Waals surface area contributed by atoms with Crippen molar-refractivity contribution in [3.05, 3.63) is 35.5 Å². The van der Waals surface area contributed by atoms with E-state index in [1.807, 2.05) is 18.2 Å². The number of rotatable bonds is 8. The lowest BCUT2D eigenvalue weighted by Gasteiger charge is -2.31. The van der Waals surface area contributed by atoms with Crippen LogP contribution in [0.25, 0.3) is 0 Å². The second-order valence-corrected chi connectivity index (χ2v) is 7.66. The van der Waals surface area contributed by atoms with Gasteiger partial charge in [0.2, 0.25) is 0 Å². The molecule has 2 aliphatic heterocycles. The summed E-state index contributed by atoms with van der Waals surface area (Å²) in [5.74, 6) is 1.62. The van der Waals surface area contributed by atoms with Gasteiger partial charge in [-0.3, -0.25) is 19.8 Å². The van der Waals surface area contributed by atoms with E-state index in [1.54, 1.807) is 0 Å². The standard InChI is InChI=1S/C21H30ClN5O/c1-3-4-10-26(13-14-28)12-9-23-20-21-24-16(2)6-5-11-27(21)19-15-17(22)7-8-18(19)25-20/h5,7-8,11,15-16,28H,3-4,6,9-10,12-14H2,1-2H3,(H,23,25). The van der Waals surface area contributed by atoms with Crippen molar-refractivity contribution < 1.29 is 5.11 Å². The molecule has 2 aliphatic rings. The number of hydrogen-bond donors (Lipinski definition) is 2. The molecule has 0 saturated carbocycles. The van der Waals surface area contributed by atoms with E-state index < -0.39 is 0 Å². The first-order valence-corrected chi connectivity index (χ1v) is 10.5. The molecule has 0 aliphatic carbocycles. The van der Waals surface area contributed by atoms with E-state index in [4.69, 9.17) is 21.6 Å². The van der Waals surface area contributed by atoms with Crippen molar-refractivity contribution in [1.29, 1.82) is 0 Å². The molecular weight excluding hydrogens is 374 g/mol. The molecule has 0 amide bonds. The van der Waals surface area contributed by atoms with Crippen LogP contribution in [0.2, 0.25) is 5.02 Å². The molecule has 3 rings (SSSR count). The Balaban J connectivity index is 1.82. The van der Waals surface area contributed by atoms with Crippen molar-refractivity contribution in [2.24, 2.45) is 9.98 Å². The molecule has 152 valence electrons. The van der Waals surface area contributed by atoms with Gasteiger partial charge in [0.1, 0.15) is 0 Å². The Kier molecular flexibility index (Phi) is 7.48. The minimum absolute atomic E-state index is 0.176. The van der Waals surface area contributed by atoms with Crippen LogP contribution in [0.4, 0.5) is 11.4 Å². The maximum absolute atomic E-state index is 9.30. The van der Waals surface area contributed by atoms with Crippen molar-refractivity contribution in [3.8, 4) is 0 Å². The second-order valence-electron chi connectivity index (χ2n) is 7.23. The number of hydrogen-bond acceptors (Lipinski definition) is 5. The largest absolute Gasteiger partial charge is 0.395 e. The highest BCUT2D eigenvalue weighted by molar-refractivity contribution is 6.52. The van der Waals surface area contributed by atoms with Crippen LogP contribution in [0.5, 0.6) is 0 Å². The van der Waals surface area contributed by atoms with Crippen molar-refractivity contribution in [2.75, 3.05) is 43.0 Å². The predicted octanol–water partition coefficient (Wildman–Crippen LogP) is 3.77. The minimum atomic E-state index is 0.176. The Morgan fingerprint density at radius 1 is 1.36 bits per heavy atom. The van der Waals surface area contributed by atoms with E-state index in [9.17, 15) is 5.11 Å². The maximum atomic E-state index is 9.30. The number of amidine groups is 2. The molecule has 6 nitrogen and oxygen atoms in total. The first kappa shape index (κ1) is 20.8. The fourth-order valence-corrected chi connectivity index (χ4v) is 3.56. The quantitative estimate of drug-likeness (QED) is 0.693. The molecular formula is C21H30ClN5O. The number of benzene rings is 1. The molecule has 1 unspecified atom stereocenters. The molecule has 1 atom stereocenters. The zero-order chi connectivity index (χ0) is 19.9. The van der Waals surface area contributed by atoms with Gasteiger partial charge in [-0.1, -0.05) is 31.0 Å². The van der Waals surface area contributed by atoms with Crippen LogP contribution in [0.3, 0.4) is 0 Å². The highest BCUT2D eigenvalue weighted by atomic mass is 35.5. The summed E-state index contributed by atoms with van der Waals surface area (Å²) in [6, 6.07) is 6.00. The molecule has 0 fully saturated rings. The van der Waals surface area contributed by atoms with Crippen molar-refractivity contribution in [1.82, 2.24) is 4.90 Å². The van der Waals surface area contributed by atoms with Gasteiger partial charge in [-0.05, 0) is 44.5 Å². The molecule has 28 heavy (non-hydrogen) atoms. The summed E-state index contributed by atoms with van der Waals surface area (Å²) in [6.07, 6.45) is 7.37. The van der Waals surface area contributed by atoms with E-state index in [0.717, 1.165) is 55.4 Å². The Labute approximate surface area is 172 Å². The number of aliphatic imine (C=N–C) groups is 2. The van der Waals surface area contributed by atoms with Crippen LogP contribution in [0.15, 0.2) is 40.5 Å². The van der Waals surface area contributed by atoms with E-state index >= 15 is 0 Å². The molecule has 0 radical (unpaired) electrons. The molecule has 0 bridgehead atoms. The lowest BCUT2D eigenvalue weighted by molar-refractivity contribution is 0.197. The minimum Gasteiger partial charge on any atom is -0.395 e. The third-order valence-electron chi connectivity index (χ3n) is 4.92. The first-order valence-electron chi connectivity index (χ1n) is 10.1. The summed E-state index contributed by atoms with van der Waals surface area (Å²) in [6.45, 7) is 7.61. The van der Waals surface area contributed by atoms with Gasteiger partial charge in [0, 0.05) is 24.3 Å². The summed E-state index contributed by atoms with van der Waals surface area (Å²) in [5, 5.41) is 13.4. The van der Waals surface area contributed by atoms with Crippen LogP contribution in [0, 0.1) is 0 Å². The summed E-state index contributed by atoms with van der Waals surface area (Å²) in [7, 11) is 0. The van der Waals surface area contributed by atoms with Gasteiger partial charge >= 0.3 is 0 Å². The van der Waals surface area contributed by atoms with Gasteiger partial charge in [0.15, 0.2) is 11.7 Å². The Bertz CT molecular complexity index is 761. The van der Waals surface area contributed by atoms with Crippen LogP contribution >= 0.6 is 11.6 Å². The summed E-state index contributed by atoms with van der Waals surface area (Å²) >= 11 is 6.23. The predicted molar refractivity (Wildman–Crippen MR) is 119 cm³/mol. The van der Waals surface area contributed by atoms with Gasteiger partial charge in [-0.15, -0.1) is 0 Å². The van der Waals surface area contributed by atoms with Crippen molar-refractivity contribution in [2.45, 2.75) is 39.2 Å². The lowest BCUT2D eigenvalue weighted by Crippen LogP contribution is -2.42. The highest BCUT2D eigenvalue weighted by Gasteiger charge is 2.28. The van der Waals surface area contributed by atoms with Crippen molar-refractivity contribution >= 4 is 34.6 Å². The van der Waals surface area contributed by atoms with E-state index in [-0.39, 0.29) is 12.6 Å². The number of nitrogens with zero attached hydrogens (tertiary/aromatic N) is 4. The van der Waals surface area contributed by atoms with Crippen LogP contribution in [0.1, 0.15) is 33.1 Å². The normalized spacial score (nSPS) is 19.9. The third-order valence-corrected chi connectivity index (χ3v) is 5.15. The average molecular weight is 404 g/mol. The van der Waals surface area contributed by atoms with E-state index in [2.05, 4.69) is 41.2 Å². The SMILES string of the molecule is CCCCN(CCO)CCN=C1Nc2ccc(Cl)cc2N2C=CCC(C)N=C12. The van der Waals surface area contributed by atoms with Gasteiger partial charge in [-0.2, -0.15) is 0 Å². The number of unbranched alkanes of at least 4 members (excludes halogenated alkanes) is 1. The topological polar surface area (TPSA) is 63.5 Å². The van der Waals surface area contributed by atoms with Gasteiger partial charge < -0.3 is 10.4 Å². The number of aliphatic hydroxyl groups excluding tert-OH is 1. The molecule has 0 saturated heterocycles. The Hall–Kier alpha value is -1.89. The monoisotopic (exact) mass is 403 g/mol. The van der Waals surface area contributed by atoms with Gasteiger partial charge in [0.25, 0.3) is 0 Å². The number of aliphatic hydroxyl groups is 1. The zero-order valence-corrected chi connectivity index (χ0v) is 17.5. The zero-order valence-electron chi connectivity index (χ0n) is 16.7. The van der Waals surface area contributed by atoms with E-state index in [1.165, 1.54) is 0 Å². The maximum Gasteiger partial charge on any atom is 0.176 e. The third kappa shape index (κ3) is 5.13. The molecule has 2 N–H and O–H groups in total. The number of fused-ring (bicyclic) bond motifs is 3. The average Bonchev–Trinajstić information content (AvgIpc) is 2.88. The smallest absolute Gasteiger partial charge is 0.176 e. The molecule has 2 heterocycles. The van der Waals surface area contributed by atoms with Crippen LogP contribution in [-0.2, 0) is 0 Å². The molecule has 0 aromatic heterocycles. The Morgan fingerprint density at radius 2 is 2.21 bits per heavy atom. The van der Waals surface area contributed by atoms with E-state index in [0.29, 0.717) is 18.1 Å². The highest BCUT2D eigenvalue weighted by Crippen LogP contribution is 2.34. The van der Waals surface area contributed by atoms with Gasteiger partial charge in [0.05, 0.1) is 30.6 Å². The number of nitrogens with one attached hydrogen (secondary N) is 1. The number of anilines is 2. The van der Waals surface area contributed by atoms with Crippen LogP contribution < -0.4 is 10.2 Å². The van der Waals surface area contributed by atoms with Gasteiger partial charge in [-0.25, -0.2) is 0 Å². The fraction of sp³-hybridized carbons (Fsp3) is 0.524. The second kappa shape index (κ2) is 10.0. The van der Waals surface area contributed by atoms with Crippen molar-refractivity contribution in [3.63, 3.8) is 0 Å². The summed E-state index contributed by atoms with van der Waals surface area (Å²) in [5.41, 5.74) is 1.96. The molecule has 0 spiro atoms. The number of halogens is 1. The summed E-state index contributed by atoms with van der Waals surface area (Å²) < 4.78 is 0. The Morgan fingerprint density at radius 3 is 3.00 bits per heavy atom. The lowest BCUT2D eigenvalue weighted by atomic mass is 10.2. The fourth-order valence-electron chi connectivity index (χ4n) is 3.39. The summed E-state index contributed by atoms with van der Waals surface area (Å²) in [4.78, 5) is 14.1. The molecule has 1 aromatic rings.